The molecule has 1 aromatic heterocycles. The Kier molecular flexibility index (Phi) is 8.33. The highest BCUT2D eigenvalue weighted by atomic mass is 32.1. The Morgan fingerprint density at radius 2 is 2.04 bits per heavy atom. The smallest absolute Gasteiger partial charge is 0.313 e. The van der Waals surface area contributed by atoms with E-state index in [4.69, 9.17) is 21.7 Å². The Morgan fingerprint density at radius 3 is 2.68 bits per heavy atom. The van der Waals surface area contributed by atoms with Gasteiger partial charge in [0, 0.05) is 13.0 Å². The van der Waals surface area contributed by atoms with E-state index in [-0.39, 0.29) is 18.7 Å². The molecule has 0 aromatic carbocycles. The van der Waals surface area contributed by atoms with E-state index in [0.717, 1.165) is 0 Å². The first-order chi connectivity index (χ1) is 11.7. The lowest BCUT2D eigenvalue weighted by Crippen LogP contribution is -2.29. The van der Waals surface area contributed by atoms with Crippen molar-refractivity contribution in [1.82, 2.24) is 15.1 Å². The predicted molar refractivity (Wildman–Crippen MR) is 97.9 cm³/mol. The van der Waals surface area contributed by atoms with Crippen LogP contribution in [-0.2, 0) is 25.8 Å². The number of thiocarbonyl (C=S) groups is 1. The number of aromatic nitrogens is 2. The topological polar surface area (TPSA) is 94.5 Å². The molecule has 1 heterocycles. The third-order valence-corrected chi connectivity index (χ3v) is 3.23. The second-order valence-corrected chi connectivity index (χ2v) is 6.78. The number of carbonyl (C=O) groups excluding carboxylic acids is 2. The van der Waals surface area contributed by atoms with Gasteiger partial charge in [0.15, 0.2) is 11.8 Å². The Hall–Kier alpha value is -2.16. The molecule has 0 spiro atoms. The van der Waals surface area contributed by atoms with Gasteiger partial charge in [-0.15, -0.1) is 0 Å². The zero-order valence-electron chi connectivity index (χ0n) is 15.1. The van der Waals surface area contributed by atoms with Gasteiger partial charge in [-0.1, -0.05) is 0 Å². The highest BCUT2D eigenvalue weighted by Crippen LogP contribution is 2.15. The fourth-order valence-electron chi connectivity index (χ4n) is 1.68. The molecule has 0 aliphatic rings. The lowest BCUT2D eigenvalue weighted by molar-refractivity contribution is -0.157. The molecular formula is C16H26N4O4S. The number of rotatable bonds is 8. The maximum Gasteiger partial charge on any atom is 0.313 e. The molecule has 0 aliphatic heterocycles. The van der Waals surface area contributed by atoms with Crippen LogP contribution in [0.3, 0.4) is 0 Å². The molecule has 0 saturated heterocycles. The van der Waals surface area contributed by atoms with Crippen LogP contribution < -0.4 is 10.6 Å². The van der Waals surface area contributed by atoms with Crippen LogP contribution in [0.5, 0.6) is 0 Å². The summed E-state index contributed by atoms with van der Waals surface area (Å²) in [4.78, 5) is 22.9. The zero-order valence-corrected chi connectivity index (χ0v) is 15.9. The number of esters is 2. The average molecular weight is 370 g/mol. The van der Waals surface area contributed by atoms with Gasteiger partial charge in [-0.05, 0) is 46.3 Å². The van der Waals surface area contributed by atoms with Gasteiger partial charge in [-0.3, -0.25) is 9.59 Å². The lowest BCUT2D eigenvalue weighted by Gasteiger charge is -2.16. The summed E-state index contributed by atoms with van der Waals surface area (Å²) in [6.07, 6.45) is 4.24. The Bertz CT molecular complexity index is 595. The lowest BCUT2D eigenvalue weighted by atomic mass is 9.98. The second kappa shape index (κ2) is 9.97. The van der Waals surface area contributed by atoms with Crippen molar-refractivity contribution in [1.29, 1.82) is 0 Å². The number of anilines is 1. The largest absolute Gasteiger partial charge is 0.466 e. The highest BCUT2D eigenvalue weighted by Gasteiger charge is 2.23. The van der Waals surface area contributed by atoms with E-state index in [1.54, 1.807) is 40.1 Å². The summed E-state index contributed by atoms with van der Waals surface area (Å²) in [5.74, 6) is -0.509. The summed E-state index contributed by atoms with van der Waals surface area (Å²) in [6, 6.07) is 0. The first-order valence-corrected chi connectivity index (χ1v) is 8.53. The molecule has 0 amide bonds. The first-order valence-electron chi connectivity index (χ1n) is 8.12. The summed E-state index contributed by atoms with van der Waals surface area (Å²) in [6.45, 7) is 8.13. The number of carbonyl (C=O) groups is 2. The van der Waals surface area contributed by atoms with Crippen molar-refractivity contribution in [2.24, 2.45) is 5.41 Å². The molecule has 25 heavy (non-hydrogen) atoms. The zero-order chi connectivity index (χ0) is 18.9. The average Bonchev–Trinajstić information content (AvgIpc) is 2.96. The third kappa shape index (κ3) is 8.48. The molecule has 2 N–H and O–H groups in total. The molecule has 1 rings (SSSR count). The molecular weight excluding hydrogens is 344 g/mol. The van der Waals surface area contributed by atoms with Gasteiger partial charge in [-0.2, -0.15) is 5.10 Å². The normalized spacial score (nSPS) is 10.9. The number of hydrogen-bond acceptors (Lipinski definition) is 6. The third-order valence-electron chi connectivity index (χ3n) is 2.98. The van der Waals surface area contributed by atoms with Gasteiger partial charge in [0.05, 0.1) is 30.1 Å². The van der Waals surface area contributed by atoms with Crippen molar-refractivity contribution < 1.29 is 19.1 Å². The van der Waals surface area contributed by atoms with Crippen molar-refractivity contribution in [3.05, 3.63) is 12.4 Å². The monoisotopic (exact) mass is 370 g/mol. The Labute approximate surface area is 153 Å². The standard InChI is InChI=1S/C16H26N4O4S/c1-5-23-13(21)7-6-8-17-15(25)19-12-9-18-20(10-12)11-24-14(22)16(2,3)4/h9-10H,5-8,11H2,1-4H3,(H2,17,19,25). The molecule has 1 aromatic rings. The molecule has 0 saturated carbocycles. The van der Waals surface area contributed by atoms with Crippen molar-refractivity contribution in [2.75, 3.05) is 18.5 Å². The van der Waals surface area contributed by atoms with Gasteiger partial charge in [-0.25, -0.2) is 4.68 Å². The second-order valence-electron chi connectivity index (χ2n) is 6.37. The van der Waals surface area contributed by atoms with Crippen LogP contribution in [0.4, 0.5) is 5.69 Å². The quantitative estimate of drug-likeness (QED) is 0.408. The van der Waals surface area contributed by atoms with E-state index in [1.165, 1.54) is 4.68 Å². The molecule has 0 aliphatic carbocycles. The van der Waals surface area contributed by atoms with Gasteiger partial charge in [0.2, 0.25) is 0 Å². The van der Waals surface area contributed by atoms with Crippen LogP contribution in [0.1, 0.15) is 40.5 Å². The summed E-state index contributed by atoms with van der Waals surface area (Å²) in [5, 5.41) is 10.5. The van der Waals surface area contributed by atoms with Gasteiger partial charge < -0.3 is 20.1 Å². The van der Waals surface area contributed by atoms with Crippen molar-refractivity contribution in [2.45, 2.75) is 47.3 Å². The van der Waals surface area contributed by atoms with Crippen LogP contribution in [0.2, 0.25) is 0 Å². The van der Waals surface area contributed by atoms with Crippen molar-refractivity contribution >= 4 is 35.0 Å². The molecule has 0 fully saturated rings. The van der Waals surface area contributed by atoms with Crippen molar-refractivity contribution in [3.8, 4) is 0 Å². The molecule has 9 heteroatoms. The van der Waals surface area contributed by atoms with E-state index in [0.29, 0.717) is 36.8 Å². The highest BCUT2D eigenvalue weighted by molar-refractivity contribution is 7.80. The molecule has 0 unspecified atom stereocenters. The number of nitrogens with zero attached hydrogens (tertiary/aromatic N) is 2. The van der Waals surface area contributed by atoms with Gasteiger partial charge in [0.1, 0.15) is 0 Å². The summed E-state index contributed by atoms with van der Waals surface area (Å²) < 4.78 is 11.5. The van der Waals surface area contributed by atoms with Crippen LogP contribution in [-0.4, -0.2) is 40.0 Å². The van der Waals surface area contributed by atoms with E-state index >= 15 is 0 Å². The summed E-state index contributed by atoms with van der Waals surface area (Å²) in [7, 11) is 0. The fraction of sp³-hybridized carbons (Fsp3) is 0.625. The number of hydrogen-bond donors (Lipinski definition) is 2. The minimum atomic E-state index is -0.552. The fourth-order valence-corrected chi connectivity index (χ4v) is 1.90. The number of nitrogens with one attached hydrogen (secondary N) is 2. The van der Waals surface area contributed by atoms with Crippen LogP contribution in [0, 0.1) is 5.41 Å². The Morgan fingerprint density at radius 1 is 1.32 bits per heavy atom. The molecule has 8 nitrogen and oxygen atoms in total. The van der Waals surface area contributed by atoms with Crippen LogP contribution in [0.15, 0.2) is 12.4 Å². The maximum atomic E-state index is 11.7. The summed E-state index contributed by atoms with van der Waals surface area (Å²) >= 11 is 5.17. The van der Waals surface area contributed by atoms with Crippen LogP contribution >= 0.6 is 12.2 Å². The SMILES string of the molecule is CCOC(=O)CCCNC(=S)Nc1cnn(COC(=O)C(C)(C)C)c1. The Balaban J connectivity index is 2.29. The predicted octanol–water partition coefficient (Wildman–Crippen LogP) is 2.06. The van der Waals surface area contributed by atoms with Crippen molar-refractivity contribution in [3.63, 3.8) is 0 Å². The molecule has 0 radical (unpaired) electrons. The maximum absolute atomic E-state index is 11.7. The molecule has 0 bridgehead atoms. The van der Waals surface area contributed by atoms with E-state index in [1.807, 2.05) is 0 Å². The van der Waals surface area contributed by atoms with Gasteiger partial charge >= 0.3 is 11.9 Å². The van der Waals surface area contributed by atoms with Crippen LogP contribution in [0.25, 0.3) is 0 Å². The summed E-state index contributed by atoms with van der Waals surface area (Å²) in [5.41, 5.74) is 0.123. The van der Waals surface area contributed by atoms with E-state index in [9.17, 15) is 9.59 Å². The van der Waals surface area contributed by atoms with E-state index < -0.39 is 5.41 Å². The minimum Gasteiger partial charge on any atom is -0.466 e. The first kappa shape index (κ1) is 20.9. The number of ether oxygens (including phenoxy) is 2. The molecule has 0 atom stereocenters. The molecule has 140 valence electrons. The van der Waals surface area contributed by atoms with Gasteiger partial charge in [0.25, 0.3) is 0 Å². The minimum absolute atomic E-state index is 0.0392. The van der Waals surface area contributed by atoms with E-state index in [2.05, 4.69) is 15.7 Å².